The van der Waals surface area contributed by atoms with Crippen molar-refractivity contribution in [1.29, 1.82) is 0 Å². The molecular weight excluding hydrogens is 450 g/mol. The summed E-state index contributed by atoms with van der Waals surface area (Å²) in [5.41, 5.74) is 1.72. The van der Waals surface area contributed by atoms with Crippen molar-refractivity contribution in [2.24, 2.45) is 28.6 Å². The van der Waals surface area contributed by atoms with Gasteiger partial charge in [0.15, 0.2) is 5.78 Å². The number of esters is 1. The Labute approximate surface area is 215 Å². The number of carbonyl (C=O) groups is 2. The van der Waals surface area contributed by atoms with Crippen LogP contribution in [0.2, 0.25) is 0 Å². The van der Waals surface area contributed by atoms with Crippen LogP contribution in [0, 0.1) is 28.6 Å². The number of carbonyl (C=O) groups excluding carboxylic acids is 2. The van der Waals surface area contributed by atoms with Crippen molar-refractivity contribution in [2.75, 3.05) is 37.6 Å². The predicted molar refractivity (Wildman–Crippen MR) is 139 cm³/mol. The SMILES string of the molecule is C[C@]12CCC(=O)C=C1CC[C@@H]1[C@@H]2CC[C@]2(C)C(OC(=O)CN3CCN(c4ccccn4)CC3)CC[C@@H]12. The third kappa shape index (κ3) is 4.09. The number of piperazine rings is 1. The van der Waals surface area contributed by atoms with E-state index in [1.165, 1.54) is 24.8 Å². The summed E-state index contributed by atoms with van der Waals surface area (Å²) in [5.74, 6) is 3.29. The zero-order chi connectivity index (χ0) is 24.9. The van der Waals surface area contributed by atoms with Gasteiger partial charge < -0.3 is 9.64 Å². The second-order valence-electron chi connectivity index (χ2n) is 12.5. The van der Waals surface area contributed by atoms with Gasteiger partial charge in [0.2, 0.25) is 0 Å². The second-order valence-corrected chi connectivity index (χ2v) is 12.5. The van der Waals surface area contributed by atoms with E-state index in [0.717, 1.165) is 57.7 Å². The maximum absolute atomic E-state index is 13.1. The van der Waals surface area contributed by atoms with Gasteiger partial charge >= 0.3 is 5.97 Å². The topological polar surface area (TPSA) is 62.7 Å². The molecule has 1 aromatic heterocycles. The van der Waals surface area contributed by atoms with Crippen LogP contribution < -0.4 is 4.90 Å². The van der Waals surface area contributed by atoms with Crippen molar-refractivity contribution in [2.45, 2.75) is 71.3 Å². The lowest BCUT2D eigenvalue weighted by molar-refractivity contribution is -0.161. The number of nitrogens with zero attached hydrogens (tertiary/aromatic N) is 3. The molecule has 4 aliphatic carbocycles. The average molecular weight is 492 g/mol. The summed E-state index contributed by atoms with van der Waals surface area (Å²) in [5, 5.41) is 0. The van der Waals surface area contributed by atoms with Crippen molar-refractivity contribution in [3.63, 3.8) is 0 Å². The summed E-state index contributed by atoms with van der Waals surface area (Å²) in [7, 11) is 0. The number of aromatic nitrogens is 1. The number of hydrogen-bond acceptors (Lipinski definition) is 6. The zero-order valence-electron chi connectivity index (χ0n) is 22.0. The van der Waals surface area contributed by atoms with Crippen LogP contribution in [-0.4, -0.2) is 60.5 Å². The molecule has 6 rings (SSSR count). The highest BCUT2D eigenvalue weighted by Crippen LogP contribution is 2.65. The summed E-state index contributed by atoms with van der Waals surface area (Å²) < 4.78 is 6.26. The Kier molecular flexibility index (Phi) is 6.22. The van der Waals surface area contributed by atoms with E-state index in [0.29, 0.717) is 36.5 Å². The van der Waals surface area contributed by atoms with Gasteiger partial charge in [0, 0.05) is 44.2 Å². The first kappa shape index (κ1) is 24.1. The third-order valence-electron chi connectivity index (χ3n) is 10.8. The van der Waals surface area contributed by atoms with Crippen LogP contribution in [-0.2, 0) is 14.3 Å². The highest BCUT2D eigenvalue weighted by molar-refractivity contribution is 5.91. The van der Waals surface area contributed by atoms with Gasteiger partial charge in [-0.3, -0.25) is 14.5 Å². The maximum atomic E-state index is 13.1. The first-order valence-corrected chi connectivity index (χ1v) is 14.2. The normalized spacial score (nSPS) is 38.6. The largest absolute Gasteiger partial charge is 0.461 e. The number of ketones is 1. The molecule has 36 heavy (non-hydrogen) atoms. The summed E-state index contributed by atoms with van der Waals surface area (Å²) in [6, 6.07) is 6.01. The molecule has 2 heterocycles. The van der Waals surface area contributed by atoms with Crippen molar-refractivity contribution in [3.05, 3.63) is 36.0 Å². The number of hydrogen-bond donors (Lipinski definition) is 0. The minimum absolute atomic E-state index is 0.0448. The molecule has 6 nitrogen and oxygen atoms in total. The summed E-state index contributed by atoms with van der Waals surface area (Å²) in [4.78, 5) is 34.1. The smallest absolute Gasteiger partial charge is 0.320 e. The van der Waals surface area contributed by atoms with Crippen LogP contribution in [0.1, 0.15) is 65.2 Å². The molecule has 0 spiro atoms. The third-order valence-corrected chi connectivity index (χ3v) is 10.8. The van der Waals surface area contributed by atoms with Gasteiger partial charge in [0.1, 0.15) is 11.9 Å². The first-order chi connectivity index (χ1) is 17.4. The van der Waals surface area contributed by atoms with E-state index in [-0.39, 0.29) is 22.9 Å². The van der Waals surface area contributed by atoms with Gasteiger partial charge in [-0.1, -0.05) is 25.5 Å². The minimum atomic E-state index is -0.0538. The van der Waals surface area contributed by atoms with E-state index in [2.05, 4.69) is 28.6 Å². The number of anilines is 1. The maximum Gasteiger partial charge on any atom is 0.320 e. The Balaban J connectivity index is 1.06. The van der Waals surface area contributed by atoms with Gasteiger partial charge in [0.05, 0.1) is 6.54 Å². The fraction of sp³-hybridized carbons (Fsp3) is 0.700. The Bertz CT molecular complexity index is 1030. The average Bonchev–Trinajstić information content (AvgIpc) is 3.21. The Hall–Kier alpha value is -2.21. The standard InChI is InChI=1S/C30H41N3O3/c1-29-12-10-22(34)19-21(29)6-7-23-24-8-9-26(30(24,2)13-11-25(23)29)36-28(35)20-32-15-17-33(18-16-32)27-5-3-4-14-31-27/h3-5,14,19,23-26H,6-13,15-18,20H2,1-2H3/t23-,24-,25-,26?,29-,30-/m0/s1. The fourth-order valence-electron chi connectivity index (χ4n) is 8.76. The molecule has 1 unspecified atom stereocenters. The molecule has 1 aromatic rings. The highest BCUT2D eigenvalue weighted by Gasteiger charge is 2.60. The Morgan fingerprint density at radius 1 is 1.03 bits per heavy atom. The van der Waals surface area contributed by atoms with Gasteiger partial charge in [-0.25, -0.2) is 4.98 Å². The van der Waals surface area contributed by atoms with E-state index >= 15 is 0 Å². The molecule has 194 valence electrons. The van der Waals surface area contributed by atoms with Crippen LogP contribution in [0.4, 0.5) is 5.82 Å². The number of ether oxygens (including phenoxy) is 1. The number of pyridine rings is 1. The Morgan fingerprint density at radius 2 is 1.86 bits per heavy atom. The van der Waals surface area contributed by atoms with Crippen LogP contribution in [0.25, 0.3) is 0 Å². The predicted octanol–water partition coefficient (Wildman–Crippen LogP) is 4.65. The minimum Gasteiger partial charge on any atom is -0.461 e. The van der Waals surface area contributed by atoms with Crippen LogP contribution >= 0.6 is 0 Å². The molecule has 1 saturated heterocycles. The van der Waals surface area contributed by atoms with Crippen LogP contribution in [0.5, 0.6) is 0 Å². The summed E-state index contributed by atoms with van der Waals surface area (Å²) >= 11 is 0. The molecule has 0 bridgehead atoms. The molecular formula is C30H41N3O3. The number of rotatable bonds is 4. The molecule has 4 fully saturated rings. The van der Waals surface area contributed by atoms with Crippen molar-refractivity contribution < 1.29 is 14.3 Å². The van der Waals surface area contributed by atoms with E-state index in [1.807, 2.05) is 30.5 Å². The van der Waals surface area contributed by atoms with E-state index in [9.17, 15) is 9.59 Å². The van der Waals surface area contributed by atoms with Gasteiger partial charge in [-0.05, 0) is 86.3 Å². The number of allylic oxidation sites excluding steroid dienone is 1. The molecule has 3 saturated carbocycles. The first-order valence-electron chi connectivity index (χ1n) is 14.2. The molecule has 0 radical (unpaired) electrons. The van der Waals surface area contributed by atoms with Crippen molar-refractivity contribution in [1.82, 2.24) is 9.88 Å². The van der Waals surface area contributed by atoms with Gasteiger partial charge in [-0.15, -0.1) is 0 Å². The van der Waals surface area contributed by atoms with Crippen molar-refractivity contribution >= 4 is 17.6 Å². The molecule has 6 heteroatoms. The highest BCUT2D eigenvalue weighted by atomic mass is 16.5. The lowest BCUT2D eigenvalue weighted by Crippen LogP contribution is -2.52. The molecule has 1 aliphatic heterocycles. The molecule has 5 aliphatic rings. The lowest BCUT2D eigenvalue weighted by Gasteiger charge is -2.57. The van der Waals surface area contributed by atoms with Gasteiger partial charge in [0.25, 0.3) is 0 Å². The molecule has 0 N–H and O–H groups in total. The fourth-order valence-corrected chi connectivity index (χ4v) is 8.76. The monoisotopic (exact) mass is 491 g/mol. The van der Waals surface area contributed by atoms with Crippen LogP contribution in [0.3, 0.4) is 0 Å². The number of fused-ring (bicyclic) bond motifs is 5. The van der Waals surface area contributed by atoms with Gasteiger partial charge in [-0.2, -0.15) is 0 Å². The van der Waals surface area contributed by atoms with Crippen LogP contribution in [0.15, 0.2) is 36.0 Å². The van der Waals surface area contributed by atoms with E-state index < -0.39 is 0 Å². The summed E-state index contributed by atoms with van der Waals surface area (Å²) in [6.45, 7) is 8.72. The van der Waals surface area contributed by atoms with E-state index in [4.69, 9.17) is 4.74 Å². The zero-order valence-corrected chi connectivity index (χ0v) is 22.0. The second kappa shape index (κ2) is 9.27. The molecule has 0 aromatic carbocycles. The Morgan fingerprint density at radius 3 is 2.64 bits per heavy atom. The van der Waals surface area contributed by atoms with Crippen molar-refractivity contribution in [3.8, 4) is 0 Å². The lowest BCUT2D eigenvalue weighted by atomic mass is 9.47. The molecule has 0 amide bonds. The quantitative estimate of drug-likeness (QED) is 0.572. The molecule has 6 atom stereocenters. The summed E-state index contributed by atoms with van der Waals surface area (Å²) in [6.07, 6.45) is 12.4. The van der Waals surface area contributed by atoms with E-state index in [1.54, 1.807) is 0 Å².